The van der Waals surface area contributed by atoms with Gasteiger partial charge in [0.2, 0.25) is 0 Å². The number of carbonyl (C=O) groups is 1. The number of benzene rings is 3. The van der Waals surface area contributed by atoms with E-state index in [0.717, 1.165) is 53.4 Å². The molecule has 0 amide bonds. The highest BCUT2D eigenvalue weighted by atomic mass is 16.5. The third kappa shape index (κ3) is 4.78. The van der Waals surface area contributed by atoms with E-state index in [-0.39, 0.29) is 17.9 Å². The molecule has 1 unspecified atom stereocenters. The average Bonchev–Trinajstić information content (AvgIpc) is 3.56. The van der Waals surface area contributed by atoms with Crippen LogP contribution in [0.3, 0.4) is 0 Å². The molecular formula is C31H31N3O3. The molecule has 3 N–H and O–H groups in total. The van der Waals surface area contributed by atoms with E-state index in [1.165, 1.54) is 16.5 Å². The fourth-order valence-electron chi connectivity index (χ4n) is 5.31. The molecule has 6 nitrogen and oxygen atoms in total. The third-order valence-electron chi connectivity index (χ3n) is 7.24. The molecule has 2 atom stereocenters. The highest BCUT2D eigenvalue weighted by molar-refractivity contribution is 5.99. The second-order valence-corrected chi connectivity index (χ2v) is 9.64. The molecule has 188 valence electrons. The Balaban J connectivity index is 1.26. The number of aromatic amines is 1. The van der Waals surface area contributed by atoms with Gasteiger partial charge < -0.3 is 19.8 Å². The van der Waals surface area contributed by atoms with E-state index in [1.54, 1.807) is 6.08 Å². The fraction of sp³-hybridized carbons (Fsp3) is 0.258. The van der Waals surface area contributed by atoms with Gasteiger partial charge in [0.1, 0.15) is 18.1 Å². The maximum Gasteiger partial charge on any atom is 0.172 e. The molecule has 3 heterocycles. The molecule has 0 radical (unpaired) electrons. The quantitative estimate of drug-likeness (QED) is 0.247. The second kappa shape index (κ2) is 10.2. The normalized spacial score (nSPS) is 18.5. The number of para-hydroxylation sites is 1. The zero-order valence-corrected chi connectivity index (χ0v) is 20.9. The number of fused-ring (bicyclic) bond motifs is 4. The highest BCUT2D eigenvalue weighted by Gasteiger charge is 2.33. The summed E-state index contributed by atoms with van der Waals surface area (Å²) in [6.45, 7) is 2.14. The van der Waals surface area contributed by atoms with Crippen molar-refractivity contribution in [3.8, 4) is 11.5 Å². The van der Waals surface area contributed by atoms with Gasteiger partial charge in [-0.15, -0.1) is 0 Å². The highest BCUT2D eigenvalue weighted by Crippen LogP contribution is 2.37. The molecule has 3 aromatic carbocycles. The SMILES string of the molecule is CNCCOc1ccc(C=CC(=O)[C@H]2Cc3c([nH]c4ccccc34)C(c3ccc4c(c3)CCO4)N2)cc1. The zero-order chi connectivity index (χ0) is 25.2. The van der Waals surface area contributed by atoms with Gasteiger partial charge in [-0.2, -0.15) is 0 Å². The van der Waals surface area contributed by atoms with Crippen LogP contribution in [-0.4, -0.2) is 43.6 Å². The van der Waals surface area contributed by atoms with Crippen LogP contribution >= 0.6 is 0 Å². The largest absolute Gasteiger partial charge is 0.493 e. The number of nitrogens with one attached hydrogen (secondary N) is 3. The molecule has 37 heavy (non-hydrogen) atoms. The lowest BCUT2D eigenvalue weighted by Gasteiger charge is -2.30. The van der Waals surface area contributed by atoms with Crippen molar-refractivity contribution in [2.24, 2.45) is 0 Å². The van der Waals surface area contributed by atoms with Crippen LogP contribution in [0.15, 0.2) is 72.8 Å². The maximum absolute atomic E-state index is 13.4. The monoisotopic (exact) mass is 493 g/mol. The number of hydrogen-bond acceptors (Lipinski definition) is 5. The summed E-state index contributed by atoms with van der Waals surface area (Å²) < 4.78 is 11.4. The van der Waals surface area contributed by atoms with Gasteiger partial charge in [0.15, 0.2) is 5.78 Å². The van der Waals surface area contributed by atoms with Gasteiger partial charge in [-0.3, -0.25) is 10.1 Å². The van der Waals surface area contributed by atoms with Crippen molar-refractivity contribution < 1.29 is 14.3 Å². The maximum atomic E-state index is 13.4. The average molecular weight is 494 g/mol. The Labute approximate surface area is 216 Å². The van der Waals surface area contributed by atoms with Gasteiger partial charge in [0, 0.05) is 29.6 Å². The molecule has 4 aromatic rings. The zero-order valence-electron chi connectivity index (χ0n) is 20.9. The topological polar surface area (TPSA) is 75.4 Å². The molecule has 0 spiro atoms. The van der Waals surface area contributed by atoms with E-state index in [4.69, 9.17) is 9.47 Å². The van der Waals surface area contributed by atoms with E-state index in [0.29, 0.717) is 13.0 Å². The smallest absolute Gasteiger partial charge is 0.172 e. The minimum Gasteiger partial charge on any atom is -0.493 e. The Morgan fingerprint density at radius 2 is 2.00 bits per heavy atom. The molecule has 0 fully saturated rings. The van der Waals surface area contributed by atoms with Crippen molar-refractivity contribution in [3.05, 3.63) is 101 Å². The van der Waals surface area contributed by atoms with Gasteiger partial charge in [0.25, 0.3) is 0 Å². The van der Waals surface area contributed by atoms with Crippen LogP contribution in [0.2, 0.25) is 0 Å². The first-order valence-electron chi connectivity index (χ1n) is 12.9. The summed E-state index contributed by atoms with van der Waals surface area (Å²) >= 11 is 0. The van der Waals surface area contributed by atoms with Crippen molar-refractivity contribution in [2.45, 2.75) is 24.9 Å². The lowest BCUT2D eigenvalue weighted by Crippen LogP contribution is -2.44. The number of ether oxygens (including phenoxy) is 2. The summed E-state index contributed by atoms with van der Waals surface area (Å²) in [5.74, 6) is 1.85. The number of H-pyrrole nitrogens is 1. The number of hydrogen-bond donors (Lipinski definition) is 3. The molecule has 6 heteroatoms. The minimum absolute atomic E-state index is 0.0692. The Morgan fingerprint density at radius 1 is 1.14 bits per heavy atom. The van der Waals surface area contributed by atoms with E-state index in [2.05, 4.69) is 52.0 Å². The predicted molar refractivity (Wildman–Crippen MR) is 146 cm³/mol. The van der Waals surface area contributed by atoms with Crippen LogP contribution in [0.1, 0.15) is 34.0 Å². The van der Waals surface area contributed by atoms with Crippen molar-refractivity contribution in [1.29, 1.82) is 0 Å². The summed E-state index contributed by atoms with van der Waals surface area (Å²) in [5, 5.41) is 7.90. The van der Waals surface area contributed by atoms with Gasteiger partial charge in [-0.1, -0.05) is 48.5 Å². The Hall–Kier alpha value is -3.87. The lowest BCUT2D eigenvalue weighted by atomic mass is 9.88. The first-order chi connectivity index (χ1) is 18.2. The van der Waals surface area contributed by atoms with Crippen LogP contribution < -0.4 is 20.1 Å². The van der Waals surface area contributed by atoms with Crippen LogP contribution in [0.25, 0.3) is 17.0 Å². The van der Waals surface area contributed by atoms with Crippen molar-refractivity contribution >= 4 is 22.8 Å². The molecule has 0 saturated heterocycles. The van der Waals surface area contributed by atoms with Crippen molar-refractivity contribution in [2.75, 3.05) is 26.8 Å². The van der Waals surface area contributed by atoms with Crippen molar-refractivity contribution in [3.63, 3.8) is 0 Å². The Kier molecular flexibility index (Phi) is 6.51. The molecule has 2 aliphatic rings. The molecule has 1 aromatic heterocycles. The fourth-order valence-corrected chi connectivity index (χ4v) is 5.31. The lowest BCUT2D eigenvalue weighted by molar-refractivity contribution is -0.116. The summed E-state index contributed by atoms with van der Waals surface area (Å²) in [5.41, 5.74) is 6.79. The molecule has 6 rings (SSSR count). The van der Waals surface area contributed by atoms with Gasteiger partial charge in [-0.05, 0) is 66.1 Å². The molecular weight excluding hydrogens is 462 g/mol. The Bertz CT molecular complexity index is 1450. The molecule has 0 bridgehead atoms. The van der Waals surface area contributed by atoms with Crippen LogP contribution in [-0.2, 0) is 17.6 Å². The second-order valence-electron chi connectivity index (χ2n) is 9.64. The van der Waals surface area contributed by atoms with E-state index in [1.807, 2.05) is 43.5 Å². The first-order valence-corrected chi connectivity index (χ1v) is 12.9. The van der Waals surface area contributed by atoms with E-state index >= 15 is 0 Å². The molecule has 0 aliphatic carbocycles. The van der Waals surface area contributed by atoms with E-state index < -0.39 is 0 Å². The van der Waals surface area contributed by atoms with Gasteiger partial charge >= 0.3 is 0 Å². The van der Waals surface area contributed by atoms with Crippen LogP contribution in [0.5, 0.6) is 11.5 Å². The predicted octanol–water partition coefficient (Wildman–Crippen LogP) is 4.59. The van der Waals surface area contributed by atoms with Crippen LogP contribution in [0, 0.1) is 0 Å². The number of likely N-dealkylation sites (N-methyl/N-ethyl adjacent to an activating group) is 1. The third-order valence-corrected chi connectivity index (χ3v) is 7.24. The number of rotatable bonds is 8. The standard InChI is InChI=1S/C31H31N3O3/c1-32-15-17-36-23-10-6-20(7-11-23)8-12-28(35)27-19-25-24-4-2-3-5-26(24)33-31(25)30(34-27)22-9-13-29-21(18-22)14-16-37-29/h2-13,18,27,30,32-34H,14-17,19H2,1H3/t27-,30?/m1/s1. The van der Waals surface area contributed by atoms with E-state index in [9.17, 15) is 4.79 Å². The molecule has 2 aliphatic heterocycles. The molecule has 0 saturated carbocycles. The minimum atomic E-state index is -0.318. The number of ketones is 1. The first kappa shape index (κ1) is 23.5. The Morgan fingerprint density at radius 3 is 2.86 bits per heavy atom. The summed E-state index contributed by atoms with van der Waals surface area (Å²) in [7, 11) is 1.90. The number of aromatic nitrogens is 1. The summed E-state index contributed by atoms with van der Waals surface area (Å²) in [4.78, 5) is 17.1. The summed E-state index contributed by atoms with van der Waals surface area (Å²) in [6.07, 6.45) is 5.14. The van der Waals surface area contributed by atoms with Crippen LogP contribution in [0.4, 0.5) is 0 Å². The number of carbonyl (C=O) groups excluding carboxylic acids is 1. The van der Waals surface area contributed by atoms with Gasteiger partial charge in [0.05, 0.1) is 18.7 Å². The summed E-state index contributed by atoms with van der Waals surface area (Å²) in [6, 6.07) is 22.1. The van der Waals surface area contributed by atoms with Gasteiger partial charge in [-0.25, -0.2) is 0 Å². The van der Waals surface area contributed by atoms with Crippen molar-refractivity contribution in [1.82, 2.24) is 15.6 Å².